The lowest BCUT2D eigenvalue weighted by atomic mass is 9.81. The highest BCUT2D eigenvalue weighted by molar-refractivity contribution is 4.92. The lowest BCUT2D eigenvalue weighted by Gasteiger charge is -2.41. The number of halogens is 3. The quantitative estimate of drug-likeness (QED) is 0.800. The van der Waals surface area contributed by atoms with E-state index in [0.717, 1.165) is 6.92 Å². The Balaban J connectivity index is 2.60. The Morgan fingerprint density at radius 2 is 1.62 bits per heavy atom. The second-order valence-corrected chi connectivity index (χ2v) is 5.05. The van der Waals surface area contributed by atoms with Gasteiger partial charge in [-0.1, -0.05) is 0 Å². The van der Waals surface area contributed by atoms with Crippen LogP contribution in [0, 0.1) is 5.92 Å². The highest BCUT2D eigenvalue weighted by atomic mass is 19.4. The first-order chi connectivity index (χ1) is 7.16. The van der Waals surface area contributed by atoms with E-state index in [0.29, 0.717) is 32.0 Å². The molecule has 1 unspecified atom stereocenters. The molecule has 1 atom stereocenters. The monoisotopic (exact) mass is 239 g/mol. The summed E-state index contributed by atoms with van der Waals surface area (Å²) in [5.74, 6) is -0.678. The fourth-order valence-electron chi connectivity index (χ4n) is 2.21. The minimum atomic E-state index is -4.53. The highest BCUT2D eigenvalue weighted by Gasteiger charge is 2.54. The maximum atomic E-state index is 12.6. The Labute approximate surface area is 94.4 Å². The molecule has 0 aromatic heterocycles. The molecule has 0 saturated carbocycles. The van der Waals surface area contributed by atoms with Crippen molar-refractivity contribution in [2.24, 2.45) is 5.92 Å². The minimum Gasteiger partial charge on any atom is -0.380 e. The Hall–Kier alpha value is -0.290. The van der Waals surface area contributed by atoms with Crippen LogP contribution in [0.3, 0.4) is 0 Å². The maximum absolute atomic E-state index is 12.6. The molecular formula is C11H20F3NO. The molecule has 0 aromatic carbocycles. The Bertz CT molecular complexity index is 230. The Morgan fingerprint density at radius 1 is 1.19 bits per heavy atom. The summed E-state index contributed by atoms with van der Waals surface area (Å²) in [5.41, 5.74) is -2.55. The Morgan fingerprint density at radius 3 is 1.94 bits per heavy atom. The summed E-state index contributed by atoms with van der Waals surface area (Å²) < 4.78 is 37.8. The second kappa shape index (κ2) is 4.53. The number of piperidine rings is 1. The third-order valence-corrected chi connectivity index (χ3v) is 3.63. The fraction of sp³-hybridized carbons (Fsp3) is 1.00. The molecular weight excluding hydrogens is 219 g/mol. The third-order valence-electron chi connectivity index (χ3n) is 3.63. The molecule has 1 saturated heterocycles. The molecule has 1 rings (SSSR count). The summed E-state index contributed by atoms with van der Waals surface area (Å²) >= 11 is 0. The molecule has 96 valence electrons. The molecule has 2 nitrogen and oxygen atoms in total. The lowest BCUT2D eigenvalue weighted by molar-refractivity contribution is -0.276. The number of likely N-dealkylation sites (tertiary alicyclic amines) is 1. The maximum Gasteiger partial charge on any atom is 0.417 e. The second-order valence-electron chi connectivity index (χ2n) is 5.05. The van der Waals surface area contributed by atoms with E-state index < -0.39 is 17.7 Å². The molecule has 1 N–H and O–H groups in total. The van der Waals surface area contributed by atoms with E-state index in [1.807, 2.05) is 13.8 Å². The molecule has 0 spiro atoms. The molecule has 16 heavy (non-hydrogen) atoms. The average molecular weight is 239 g/mol. The zero-order valence-corrected chi connectivity index (χ0v) is 10.0. The van der Waals surface area contributed by atoms with Crippen molar-refractivity contribution in [3.8, 4) is 0 Å². The predicted molar refractivity (Wildman–Crippen MR) is 56.1 cm³/mol. The molecule has 1 aliphatic rings. The van der Waals surface area contributed by atoms with Crippen molar-refractivity contribution in [2.75, 3.05) is 13.1 Å². The molecule has 0 bridgehead atoms. The van der Waals surface area contributed by atoms with Gasteiger partial charge in [0, 0.05) is 6.04 Å². The van der Waals surface area contributed by atoms with Gasteiger partial charge in [0.25, 0.3) is 0 Å². The number of hydrogen-bond donors (Lipinski definition) is 1. The van der Waals surface area contributed by atoms with Crippen LogP contribution in [-0.4, -0.2) is 40.9 Å². The summed E-state index contributed by atoms with van der Waals surface area (Å²) in [6.45, 7) is 6.22. The summed E-state index contributed by atoms with van der Waals surface area (Å²) in [7, 11) is 0. The van der Waals surface area contributed by atoms with Gasteiger partial charge < -0.3 is 10.0 Å². The molecule has 0 aliphatic carbocycles. The zero-order chi connectivity index (χ0) is 12.6. The third kappa shape index (κ3) is 2.69. The standard InChI is InChI=1S/C11H20F3NO/c1-8(2)15-6-4-9(5-7-15)10(3,16)11(12,13)14/h8-9,16H,4-7H2,1-3H3. The molecule has 0 amide bonds. The van der Waals surface area contributed by atoms with E-state index in [9.17, 15) is 18.3 Å². The molecule has 1 fully saturated rings. The number of rotatable bonds is 2. The van der Waals surface area contributed by atoms with Crippen LogP contribution in [0.1, 0.15) is 33.6 Å². The van der Waals surface area contributed by atoms with Crippen LogP contribution in [-0.2, 0) is 0 Å². The van der Waals surface area contributed by atoms with Gasteiger partial charge in [-0.15, -0.1) is 0 Å². The van der Waals surface area contributed by atoms with Gasteiger partial charge in [0.15, 0.2) is 5.60 Å². The van der Waals surface area contributed by atoms with Crippen molar-refractivity contribution in [2.45, 2.75) is 51.4 Å². The number of hydrogen-bond acceptors (Lipinski definition) is 2. The molecule has 1 aliphatic heterocycles. The van der Waals surface area contributed by atoms with Crippen molar-refractivity contribution < 1.29 is 18.3 Å². The van der Waals surface area contributed by atoms with Gasteiger partial charge in [0.1, 0.15) is 0 Å². The number of aliphatic hydroxyl groups is 1. The van der Waals surface area contributed by atoms with E-state index >= 15 is 0 Å². The van der Waals surface area contributed by atoms with Gasteiger partial charge in [-0.05, 0) is 52.6 Å². The smallest absolute Gasteiger partial charge is 0.380 e. The van der Waals surface area contributed by atoms with Crippen molar-refractivity contribution in [3.63, 3.8) is 0 Å². The Kier molecular flexibility index (Phi) is 3.90. The first kappa shape index (κ1) is 13.8. The van der Waals surface area contributed by atoms with Crippen LogP contribution in [0.25, 0.3) is 0 Å². The molecule has 0 radical (unpaired) electrons. The van der Waals surface area contributed by atoms with Crippen molar-refractivity contribution >= 4 is 0 Å². The van der Waals surface area contributed by atoms with Crippen LogP contribution in [0.2, 0.25) is 0 Å². The number of alkyl halides is 3. The number of nitrogens with zero attached hydrogens (tertiary/aromatic N) is 1. The lowest BCUT2D eigenvalue weighted by Crippen LogP contribution is -2.53. The van der Waals surface area contributed by atoms with Crippen LogP contribution in [0.5, 0.6) is 0 Å². The van der Waals surface area contributed by atoms with Gasteiger partial charge in [-0.25, -0.2) is 0 Å². The summed E-state index contributed by atoms with van der Waals surface area (Å²) in [5, 5.41) is 9.56. The topological polar surface area (TPSA) is 23.5 Å². The normalized spacial score (nSPS) is 24.8. The van der Waals surface area contributed by atoms with Crippen molar-refractivity contribution in [3.05, 3.63) is 0 Å². The SMILES string of the molecule is CC(C)N1CCC(C(C)(O)C(F)(F)F)CC1. The van der Waals surface area contributed by atoms with Crippen LogP contribution >= 0.6 is 0 Å². The molecule has 5 heteroatoms. The molecule has 0 aromatic rings. The predicted octanol–water partition coefficient (Wildman–Crippen LogP) is 2.42. The fourth-order valence-corrected chi connectivity index (χ4v) is 2.21. The van der Waals surface area contributed by atoms with E-state index in [2.05, 4.69) is 4.90 Å². The van der Waals surface area contributed by atoms with Crippen LogP contribution in [0.15, 0.2) is 0 Å². The van der Waals surface area contributed by atoms with Crippen molar-refractivity contribution in [1.82, 2.24) is 4.90 Å². The summed E-state index contributed by atoms with van der Waals surface area (Å²) in [4.78, 5) is 2.14. The van der Waals surface area contributed by atoms with Gasteiger partial charge >= 0.3 is 6.18 Å². The summed E-state index contributed by atoms with van der Waals surface area (Å²) in [6.07, 6.45) is -3.72. The summed E-state index contributed by atoms with van der Waals surface area (Å²) in [6, 6.07) is 0.358. The van der Waals surface area contributed by atoms with E-state index in [-0.39, 0.29) is 0 Å². The largest absolute Gasteiger partial charge is 0.417 e. The van der Waals surface area contributed by atoms with Crippen LogP contribution < -0.4 is 0 Å². The first-order valence-corrected chi connectivity index (χ1v) is 5.69. The average Bonchev–Trinajstić information content (AvgIpc) is 2.16. The first-order valence-electron chi connectivity index (χ1n) is 5.69. The van der Waals surface area contributed by atoms with Crippen molar-refractivity contribution in [1.29, 1.82) is 0 Å². The van der Waals surface area contributed by atoms with Gasteiger partial charge in [0.2, 0.25) is 0 Å². The van der Waals surface area contributed by atoms with Crippen LogP contribution in [0.4, 0.5) is 13.2 Å². The minimum absolute atomic E-state index is 0.358. The van der Waals surface area contributed by atoms with E-state index in [1.54, 1.807) is 0 Å². The zero-order valence-electron chi connectivity index (χ0n) is 10.0. The molecule has 1 heterocycles. The van der Waals surface area contributed by atoms with E-state index in [4.69, 9.17) is 0 Å². The highest BCUT2D eigenvalue weighted by Crippen LogP contribution is 2.40. The van der Waals surface area contributed by atoms with E-state index in [1.165, 1.54) is 0 Å². The van der Waals surface area contributed by atoms with Gasteiger partial charge in [-0.2, -0.15) is 13.2 Å². The van der Waals surface area contributed by atoms with Gasteiger partial charge in [0.05, 0.1) is 0 Å². The van der Waals surface area contributed by atoms with Gasteiger partial charge in [-0.3, -0.25) is 0 Å².